The minimum Gasteiger partial charge on any atom is -0.374 e. The highest BCUT2D eigenvalue weighted by molar-refractivity contribution is 5.58. The van der Waals surface area contributed by atoms with E-state index < -0.39 is 0 Å². The number of benzene rings is 1. The maximum absolute atomic E-state index is 3.54. The van der Waals surface area contributed by atoms with E-state index >= 15 is 0 Å². The lowest BCUT2D eigenvalue weighted by Gasteiger charge is -2.13. The summed E-state index contributed by atoms with van der Waals surface area (Å²) in [4.78, 5) is 2.34. The lowest BCUT2D eigenvalue weighted by Crippen LogP contribution is -2.20. The van der Waals surface area contributed by atoms with Gasteiger partial charge in [0, 0.05) is 25.8 Å². The highest BCUT2D eigenvalue weighted by atomic mass is 15.1. The highest BCUT2D eigenvalue weighted by Gasteiger charge is 2.15. The molecule has 0 saturated carbocycles. The molecule has 0 fully saturated rings. The average molecular weight is 232 g/mol. The predicted molar refractivity (Wildman–Crippen MR) is 74.6 cm³/mol. The van der Waals surface area contributed by atoms with Crippen LogP contribution in [0.4, 0.5) is 5.69 Å². The average Bonchev–Trinajstić information content (AvgIpc) is 2.70. The lowest BCUT2D eigenvalue weighted by atomic mass is 10.1. The largest absolute Gasteiger partial charge is 0.374 e. The Hall–Kier alpha value is -1.02. The number of nitrogens with one attached hydrogen (secondary N) is 1. The van der Waals surface area contributed by atoms with Crippen molar-refractivity contribution in [2.24, 2.45) is 5.92 Å². The highest BCUT2D eigenvalue weighted by Crippen LogP contribution is 2.27. The van der Waals surface area contributed by atoms with E-state index in [-0.39, 0.29) is 0 Å². The third-order valence-corrected chi connectivity index (χ3v) is 3.79. The third kappa shape index (κ3) is 3.01. The van der Waals surface area contributed by atoms with Gasteiger partial charge in [0.1, 0.15) is 0 Å². The van der Waals surface area contributed by atoms with Gasteiger partial charge in [0.15, 0.2) is 0 Å². The fourth-order valence-corrected chi connectivity index (χ4v) is 2.34. The van der Waals surface area contributed by atoms with Gasteiger partial charge in [0.25, 0.3) is 0 Å². The Morgan fingerprint density at radius 1 is 1.41 bits per heavy atom. The summed E-state index contributed by atoms with van der Waals surface area (Å²) in [5, 5.41) is 3.54. The number of hydrogen-bond acceptors (Lipinski definition) is 2. The summed E-state index contributed by atoms with van der Waals surface area (Å²) in [6.45, 7) is 7.83. The Bertz CT molecular complexity index is 373. The Balaban J connectivity index is 1.90. The van der Waals surface area contributed by atoms with Gasteiger partial charge < -0.3 is 10.2 Å². The van der Waals surface area contributed by atoms with Gasteiger partial charge in [-0.15, -0.1) is 0 Å². The zero-order valence-electron chi connectivity index (χ0n) is 11.3. The molecule has 0 amide bonds. The van der Waals surface area contributed by atoms with Crippen LogP contribution in [0, 0.1) is 5.92 Å². The standard InChI is InChI=1S/C15H24N2/c1-4-12(2)10-16-11-13-5-6-15-14(9-13)7-8-17(15)3/h5-6,9,12,16H,4,7-8,10-11H2,1-3H3. The van der Waals surface area contributed by atoms with Crippen LogP contribution in [0.5, 0.6) is 0 Å². The molecule has 1 unspecified atom stereocenters. The van der Waals surface area contributed by atoms with Crippen molar-refractivity contribution >= 4 is 5.69 Å². The molecule has 0 saturated heterocycles. The minimum atomic E-state index is 0.774. The zero-order chi connectivity index (χ0) is 12.3. The van der Waals surface area contributed by atoms with Crippen LogP contribution in [-0.2, 0) is 13.0 Å². The zero-order valence-corrected chi connectivity index (χ0v) is 11.3. The molecule has 1 heterocycles. The van der Waals surface area contributed by atoms with Gasteiger partial charge >= 0.3 is 0 Å². The van der Waals surface area contributed by atoms with E-state index in [1.54, 1.807) is 0 Å². The first-order chi connectivity index (χ1) is 8.20. The maximum atomic E-state index is 3.54. The van der Waals surface area contributed by atoms with Crippen molar-refractivity contribution in [2.45, 2.75) is 33.2 Å². The summed E-state index contributed by atoms with van der Waals surface area (Å²) < 4.78 is 0. The van der Waals surface area contributed by atoms with E-state index in [9.17, 15) is 0 Å². The molecule has 1 N–H and O–H groups in total. The topological polar surface area (TPSA) is 15.3 Å². The van der Waals surface area contributed by atoms with Gasteiger partial charge in [0.2, 0.25) is 0 Å². The van der Waals surface area contributed by atoms with Crippen molar-refractivity contribution in [3.8, 4) is 0 Å². The van der Waals surface area contributed by atoms with Gasteiger partial charge in [-0.1, -0.05) is 32.4 Å². The van der Waals surface area contributed by atoms with Crippen molar-refractivity contribution in [1.82, 2.24) is 5.32 Å². The molecule has 0 aliphatic carbocycles. The first-order valence-electron chi connectivity index (χ1n) is 6.74. The molecule has 17 heavy (non-hydrogen) atoms. The fraction of sp³-hybridized carbons (Fsp3) is 0.600. The van der Waals surface area contributed by atoms with Crippen LogP contribution in [0.15, 0.2) is 18.2 Å². The molecular weight excluding hydrogens is 208 g/mol. The number of hydrogen-bond donors (Lipinski definition) is 1. The van der Waals surface area contributed by atoms with Gasteiger partial charge in [0.05, 0.1) is 0 Å². The first-order valence-corrected chi connectivity index (χ1v) is 6.74. The second-order valence-electron chi connectivity index (χ2n) is 5.28. The lowest BCUT2D eigenvalue weighted by molar-refractivity contribution is 0.500. The Labute approximate surface area is 105 Å². The van der Waals surface area contributed by atoms with Gasteiger partial charge in [-0.05, 0) is 36.1 Å². The van der Waals surface area contributed by atoms with E-state index in [4.69, 9.17) is 0 Å². The molecule has 0 spiro atoms. The third-order valence-electron chi connectivity index (χ3n) is 3.79. The Kier molecular flexibility index (Phi) is 4.06. The molecular formula is C15H24N2. The molecule has 1 atom stereocenters. The van der Waals surface area contributed by atoms with Crippen molar-refractivity contribution < 1.29 is 0 Å². The number of anilines is 1. The predicted octanol–water partition coefficient (Wildman–Crippen LogP) is 2.81. The number of fused-ring (bicyclic) bond motifs is 1. The minimum absolute atomic E-state index is 0.774. The quantitative estimate of drug-likeness (QED) is 0.840. The molecule has 1 aliphatic heterocycles. The number of nitrogens with zero attached hydrogens (tertiary/aromatic N) is 1. The first kappa shape index (κ1) is 12.4. The van der Waals surface area contributed by atoms with E-state index in [0.717, 1.165) is 19.0 Å². The van der Waals surface area contributed by atoms with Crippen molar-refractivity contribution in [2.75, 3.05) is 25.0 Å². The summed E-state index contributed by atoms with van der Waals surface area (Å²) in [5.41, 5.74) is 4.34. The van der Waals surface area contributed by atoms with Crippen LogP contribution >= 0.6 is 0 Å². The second-order valence-corrected chi connectivity index (χ2v) is 5.28. The monoisotopic (exact) mass is 232 g/mol. The summed E-state index contributed by atoms with van der Waals surface area (Å²) in [6.07, 6.45) is 2.45. The fourth-order valence-electron chi connectivity index (χ4n) is 2.34. The molecule has 2 rings (SSSR count). The molecule has 0 radical (unpaired) electrons. The smallest absolute Gasteiger partial charge is 0.0397 e. The van der Waals surface area contributed by atoms with E-state index in [0.29, 0.717) is 0 Å². The van der Waals surface area contributed by atoms with E-state index in [1.807, 2.05) is 0 Å². The summed E-state index contributed by atoms with van der Waals surface area (Å²) >= 11 is 0. The second kappa shape index (κ2) is 5.54. The summed E-state index contributed by atoms with van der Waals surface area (Å²) in [5.74, 6) is 0.774. The van der Waals surface area contributed by atoms with Crippen LogP contribution in [0.25, 0.3) is 0 Å². The molecule has 0 aromatic heterocycles. The van der Waals surface area contributed by atoms with Crippen molar-refractivity contribution in [1.29, 1.82) is 0 Å². The van der Waals surface area contributed by atoms with Crippen LogP contribution in [0.1, 0.15) is 31.4 Å². The van der Waals surface area contributed by atoms with E-state index in [1.165, 1.54) is 36.2 Å². The van der Waals surface area contributed by atoms with Crippen LogP contribution in [0.2, 0.25) is 0 Å². The SMILES string of the molecule is CCC(C)CNCc1ccc2c(c1)CCN2C. The number of likely N-dealkylation sites (N-methyl/N-ethyl adjacent to an activating group) is 1. The van der Waals surface area contributed by atoms with Crippen molar-refractivity contribution in [3.05, 3.63) is 29.3 Å². The normalized spacial score (nSPS) is 16.1. The molecule has 2 heteroatoms. The molecule has 94 valence electrons. The molecule has 0 bridgehead atoms. The number of rotatable bonds is 5. The van der Waals surface area contributed by atoms with Crippen LogP contribution in [0.3, 0.4) is 0 Å². The van der Waals surface area contributed by atoms with Crippen LogP contribution < -0.4 is 10.2 Å². The Morgan fingerprint density at radius 3 is 3.00 bits per heavy atom. The Morgan fingerprint density at radius 2 is 2.24 bits per heavy atom. The molecule has 1 aromatic rings. The van der Waals surface area contributed by atoms with Crippen LogP contribution in [-0.4, -0.2) is 20.1 Å². The van der Waals surface area contributed by atoms with Gasteiger partial charge in [-0.3, -0.25) is 0 Å². The molecule has 1 aliphatic rings. The summed E-state index contributed by atoms with van der Waals surface area (Å²) in [7, 11) is 2.17. The van der Waals surface area contributed by atoms with E-state index in [2.05, 4.69) is 49.3 Å². The molecule has 2 nitrogen and oxygen atoms in total. The van der Waals surface area contributed by atoms with Gasteiger partial charge in [-0.25, -0.2) is 0 Å². The van der Waals surface area contributed by atoms with Crippen molar-refractivity contribution in [3.63, 3.8) is 0 Å². The maximum Gasteiger partial charge on any atom is 0.0397 e. The molecule has 1 aromatic carbocycles. The van der Waals surface area contributed by atoms with Gasteiger partial charge in [-0.2, -0.15) is 0 Å². The summed E-state index contributed by atoms with van der Waals surface area (Å²) in [6, 6.07) is 6.88.